The lowest BCUT2D eigenvalue weighted by atomic mass is 10.1. The average molecular weight is 490 g/mol. The molecule has 35 heavy (non-hydrogen) atoms. The van der Waals surface area contributed by atoms with Gasteiger partial charge in [-0.15, -0.1) is 0 Å². The normalized spacial score (nSPS) is 20.8. The Kier molecular flexibility index (Phi) is 6.28. The summed E-state index contributed by atoms with van der Waals surface area (Å²) in [6.45, 7) is 3.17. The van der Waals surface area contributed by atoms with E-state index in [9.17, 15) is 22.8 Å². The van der Waals surface area contributed by atoms with Gasteiger partial charge in [0, 0.05) is 32.7 Å². The lowest BCUT2D eigenvalue weighted by Gasteiger charge is -2.37. The number of fused-ring (bicyclic) bond motifs is 2. The lowest BCUT2D eigenvalue weighted by molar-refractivity contribution is -0.158. The van der Waals surface area contributed by atoms with Gasteiger partial charge in [0.05, 0.1) is 24.3 Å². The number of hydrogen-bond donors (Lipinski definition) is 1. The predicted octanol–water partition coefficient (Wildman–Crippen LogP) is 2.84. The molecule has 11 heteroatoms. The van der Waals surface area contributed by atoms with Crippen LogP contribution in [-0.4, -0.2) is 73.3 Å². The number of hydrogen-bond acceptors (Lipinski definition) is 6. The fraction of sp³-hybridized carbons (Fsp3) is 0.417. The van der Waals surface area contributed by atoms with Gasteiger partial charge >= 0.3 is 6.18 Å². The van der Waals surface area contributed by atoms with Gasteiger partial charge in [0.25, 0.3) is 0 Å². The molecule has 0 aromatic heterocycles. The summed E-state index contributed by atoms with van der Waals surface area (Å²) >= 11 is 0. The second-order valence-corrected chi connectivity index (χ2v) is 8.83. The van der Waals surface area contributed by atoms with Crippen molar-refractivity contribution in [3.8, 4) is 11.5 Å². The summed E-state index contributed by atoms with van der Waals surface area (Å²) < 4.78 is 52.5. The van der Waals surface area contributed by atoms with Gasteiger partial charge in [0.2, 0.25) is 18.6 Å². The Hall–Kier alpha value is -3.31. The molecule has 3 aliphatic heterocycles. The molecule has 0 spiro atoms. The predicted molar refractivity (Wildman–Crippen MR) is 121 cm³/mol. The number of amides is 2. The average Bonchev–Trinajstić information content (AvgIpc) is 3.21. The maximum atomic E-state index is 13.9. The van der Waals surface area contributed by atoms with Crippen molar-refractivity contribution in [3.05, 3.63) is 48.0 Å². The van der Waals surface area contributed by atoms with Crippen molar-refractivity contribution in [2.45, 2.75) is 25.2 Å². The van der Waals surface area contributed by atoms with Gasteiger partial charge < -0.3 is 14.8 Å². The van der Waals surface area contributed by atoms with Crippen LogP contribution in [0.1, 0.15) is 12.0 Å². The first kappa shape index (κ1) is 23.4. The zero-order valence-corrected chi connectivity index (χ0v) is 18.9. The van der Waals surface area contributed by atoms with Crippen LogP contribution in [0.5, 0.6) is 11.5 Å². The molecule has 0 saturated carbocycles. The van der Waals surface area contributed by atoms with Crippen LogP contribution >= 0.6 is 0 Å². The van der Waals surface area contributed by atoms with E-state index in [-0.39, 0.29) is 24.7 Å². The molecule has 1 fully saturated rings. The van der Waals surface area contributed by atoms with E-state index in [1.54, 1.807) is 12.1 Å². The van der Waals surface area contributed by atoms with Gasteiger partial charge in [-0.1, -0.05) is 18.2 Å². The minimum absolute atomic E-state index is 0.0621. The van der Waals surface area contributed by atoms with E-state index in [4.69, 9.17) is 9.47 Å². The van der Waals surface area contributed by atoms with E-state index in [1.165, 1.54) is 12.1 Å². The van der Waals surface area contributed by atoms with Gasteiger partial charge in [-0.05, 0) is 29.8 Å². The lowest BCUT2D eigenvalue weighted by Crippen LogP contribution is -2.54. The van der Waals surface area contributed by atoms with Crippen LogP contribution < -0.4 is 19.7 Å². The molecule has 3 aliphatic rings. The minimum Gasteiger partial charge on any atom is -0.454 e. The first-order chi connectivity index (χ1) is 16.8. The smallest absolute Gasteiger partial charge is 0.409 e. The van der Waals surface area contributed by atoms with Crippen molar-refractivity contribution in [1.29, 1.82) is 0 Å². The molecule has 1 atom stereocenters. The monoisotopic (exact) mass is 490 g/mol. The van der Waals surface area contributed by atoms with Gasteiger partial charge in [0.1, 0.15) is 6.04 Å². The van der Waals surface area contributed by atoms with Gasteiger partial charge in [-0.25, -0.2) is 0 Å². The Morgan fingerprint density at radius 2 is 1.71 bits per heavy atom. The van der Waals surface area contributed by atoms with Crippen LogP contribution in [-0.2, 0) is 16.1 Å². The van der Waals surface area contributed by atoms with Crippen molar-refractivity contribution in [3.63, 3.8) is 0 Å². The number of halogens is 3. The standard InChI is InChI=1S/C24H25F3N4O4/c25-24(26,27)21-12-22(32)28-17-3-1-2-4-18(17)31(21)23(33)14-30-9-7-29(8-10-30)13-16-5-6-19-20(11-16)35-15-34-19/h1-6,11,21H,7-10,12-15H2,(H,28,32). The summed E-state index contributed by atoms with van der Waals surface area (Å²) in [7, 11) is 0. The largest absolute Gasteiger partial charge is 0.454 e. The summed E-state index contributed by atoms with van der Waals surface area (Å²) in [5, 5.41) is 2.49. The van der Waals surface area contributed by atoms with E-state index in [2.05, 4.69) is 10.2 Å². The summed E-state index contributed by atoms with van der Waals surface area (Å²) in [6.07, 6.45) is -5.58. The van der Waals surface area contributed by atoms with Crippen molar-refractivity contribution in [1.82, 2.24) is 9.80 Å². The number of piperazine rings is 1. The SMILES string of the molecule is O=C1CC(C(F)(F)F)N(C(=O)CN2CCN(Cc3ccc4c(c3)OCO4)CC2)c2ccccc2N1. The first-order valence-electron chi connectivity index (χ1n) is 11.4. The molecular formula is C24H25F3N4O4. The topological polar surface area (TPSA) is 74.4 Å². The minimum atomic E-state index is -4.74. The highest BCUT2D eigenvalue weighted by Gasteiger charge is 2.49. The molecule has 1 unspecified atom stereocenters. The highest BCUT2D eigenvalue weighted by Crippen LogP contribution is 2.38. The number of anilines is 2. The van der Waals surface area contributed by atoms with E-state index in [0.717, 1.165) is 22.0 Å². The van der Waals surface area contributed by atoms with Gasteiger partial charge in [-0.2, -0.15) is 13.2 Å². The molecule has 2 aromatic rings. The molecule has 0 aliphatic carbocycles. The molecule has 8 nitrogen and oxygen atoms in total. The molecule has 186 valence electrons. The van der Waals surface area contributed by atoms with Crippen molar-refractivity contribution in [2.24, 2.45) is 0 Å². The van der Waals surface area contributed by atoms with E-state index >= 15 is 0 Å². The van der Waals surface area contributed by atoms with Gasteiger partial charge in [-0.3, -0.25) is 24.3 Å². The molecule has 0 bridgehead atoms. The van der Waals surface area contributed by atoms with Crippen LogP contribution in [0.25, 0.3) is 0 Å². The third-order valence-corrected chi connectivity index (χ3v) is 6.44. The van der Waals surface area contributed by atoms with Crippen molar-refractivity contribution in [2.75, 3.05) is 49.7 Å². The Morgan fingerprint density at radius 1 is 1.00 bits per heavy atom. The Labute approximate surface area is 200 Å². The summed E-state index contributed by atoms with van der Waals surface area (Å²) in [4.78, 5) is 30.2. The van der Waals surface area contributed by atoms with Crippen LogP contribution in [0.3, 0.4) is 0 Å². The molecular weight excluding hydrogens is 465 g/mol. The zero-order valence-electron chi connectivity index (χ0n) is 18.9. The second kappa shape index (κ2) is 9.38. The van der Waals surface area contributed by atoms with Crippen molar-refractivity contribution >= 4 is 23.2 Å². The van der Waals surface area contributed by atoms with E-state index < -0.39 is 30.5 Å². The summed E-state index contributed by atoms with van der Waals surface area (Å²) in [5.74, 6) is -0.00872. The molecule has 2 amide bonds. The molecule has 1 saturated heterocycles. The Morgan fingerprint density at radius 3 is 2.49 bits per heavy atom. The van der Waals surface area contributed by atoms with Crippen LogP contribution in [0.15, 0.2) is 42.5 Å². The third kappa shape index (κ3) is 5.06. The Bertz CT molecular complexity index is 1120. The number of carbonyl (C=O) groups excluding carboxylic acids is 2. The Balaban J connectivity index is 1.24. The maximum absolute atomic E-state index is 13.9. The van der Waals surface area contributed by atoms with Crippen molar-refractivity contribution < 1.29 is 32.2 Å². The van der Waals surface area contributed by atoms with Crippen LogP contribution in [0.4, 0.5) is 24.5 Å². The number of carbonyl (C=O) groups is 2. The summed E-state index contributed by atoms with van der Waals surface area (Å²) in [6, 6.07) is 9.68. The van der Waals surface area contributed by atoms with Crippen LogP contribution in [0.2, 0.25) is 0 Å². The molecule has 0 radical (unpaired) electrons. The van der Waals surface area contributed by atoms with E-state index in [1.807, 2.05) is 23.1 Å². The molecule has 5 rings (SSSR count). The van der Waals surface area contributed by atoms with E-state index in [0.29, 0.717) is 32.7 Å². The summed E-state index contributed by atoms with van der Waals surface area (Å²) in [5.41, 5.74) is 1.34. The first-order valence-corrected chi connectivity index (χ1v) is 11.4. The van der Waals surface area contributed by atoms with Gasteiger partial charge in [0.15, 0.2) is 11.5 Å². The highest BCUT2D eigenvalue weighted by molar-refractivity contribution is 6.05. The number of para-hydroxylation sites is 2. The molecule has 3 heterocycles. The highest BCUT2D eigenvalue weighted by atomic mass is 19.4. The molecule has 1 N–H and O–H groups in total. The van der Waals surface area contributed by atoms with Crippen LogP contribution in [0, 0.1) is 0 Å². The third-order valence-electron chi connectivity index (χ3n) is 6.44. The zero-order chi connectivity index (χ0) is 24.6. The number of benzene rings is 2. The fourth-order valence-electron chi connectivity index (χ4n) is 4.67. The number of rotatable bonds is 4. The number of alkyl halides is 3. The quantitative estimate of drug-likeness (QED) is 0.711. The maximum Gasteiger partial charge on any atom is 0.409 e. The number of nitrogens with one attached hydrogen (secondary N) is 1. The molecule has 2 aromatic carbocycles. The second-order valence-electron chi connectivity index (χ2n) is 8.83. The number of ether oxygens (including phenoxy) is 2. The fourth-order valence-corrected chi connectivity index (χ4v) is 4.67. The number of nitrogens with zero attached hydrogens (tertiary/aromatic N) is 3.